The van der Waals surface area contributed by atoms with E-state index < -0.39 is 10.0 Å². The second-order valence-corrected chi connectivity index (χ2v) is 7.69. The molecule has 0 unspecified atom stereocenters. The monoisotopic (exact) mass is 368 g/mol. The standard InChI is InChI=1S/C17H24N2O5S/c1-23-15-6-4-5-13(17(15)24-2)7-8-16(20)19-11-9-14(10-12-19)18-25(3,21)22/h4-8,14,18H,9-12H2,1-3H3. The fourth-order valence-electron chi connectivity index (χ4n) is 2.83. The molecule has 1 fully saturated rings. The Kier molecular flexibility index (Phi) is 6.44. The molecule has 0 saturated carbocycles. The summed E-state index contributed by atoms with van der Waals surface area (Å²) >= 11 is 0. The molecule has 2 rings (SSSR count). The highest BCUT2D eigenvalue weighted by Crippen LogP contribution is 2.31. The number of rotatable bonds is 6. The number of likely N-dealkylation sites (tertiary alicyclic amines) is 1. The van der Waals surface area contributed by atoms with Gasteiger partial charge in [-0.15, -0.1) is 0 Å². The van der Waals surface area contributed by atoms with Gasteiger partial charge in [-0.1, -0.05) is 12.1 Å². The van der Waals surface area contributed by atoms with Crippen molar-refractivity contribution in [2.45, 2.75) is 18.9 Å². The van der Waals surface area contributed by atoms with Gasteiger partial charge in [0.05, 0.1) is 20.5 Å². The highest BCUT2D eigenvalue weighted by Gasteiger charge is 2.23. The van der Waals surface area contributed by atoms with E-state index in [-0.39, 0.29) is 11.9 Å². The van der Waals surface area contributed by atoms with Crippen LogP contribution in [-0.2, 0) is 14.8 Å². The number of carbonyl (C=O) groups excluding carboxylic acids is 1. The van der Waals surface area contributed by atoms with Gasteiger partial charge >= 0.3 is 0 Å². The minimum absolute atomic E-state index is 0.109. The molecule has 1 aromatic carbocycles. The molecule has 0 spiro atoms. The van der Waals surface area contributed by atoms with Crippen LogP contribution in [-0.4, -0.2) is 58.8 Å². The molecule has 1 heterocycles. The average Bonchev–Trinajstić information content (AvgIpc) is 2.58. The third kappa shape index (κ3) is 5.47. The molecule has 0 atom stereocenters. The zero-order valence-corrected chi connectivity index (χ0v) is 15.5. The zero-order chi connectivity index (χ0) is 18.4. The van der Waals surface area contributed by atoms with Gasteiger partial charge in [0, 0.05) is 30.8 Å². The summed E-state index contributed by atoms with van der Waals surface area (Å²) in [5, 5.41) is 0. The predicted molar refractivity (Wildman–Crippen MR) is 96.2 cm³/mol. The van der Waals surface area contributed by atoms with Crippen molar-refractivity contribution in [1.29, 1.82) is 0 Å². The van der Waals surface area contributed by atoms with Gasteiger partial charge in [0.1, 0.15) is 0 Å². The van der Waals surface area contributed by atoms with Gasteiger partial charge in [-0.05, 0) is 25.0 Å². The number of nitrogens with one attached hydrogen (secondary N) is 1. The smallest absolute Gasteiger partial charge is 0.246 e. The van der Waals surface area contributed by atoms with Crippen molar-refractivity contribution in [3.05, 3.63) is 29.8 Å². The number of hydrogen-bond acceptors (Lipinski definition) is 5. The Morgan fingerprint density at radius 3 is 2.48 bits per heavy atom. The van der Waals surface area contributed by atoms with E-state index in [9.17, 15) is 13.2 Å². The molecular formula is C17H24N2O5S. The molecule has 0 radical (unpaired) electrons. The summed E-state index contributed by atoms with van der Waals surface area (Å²) in [6.45, 7) is 1.04. The number of sulfonamides is 1. The molecule has 0 aliphatic carbocycles. The first kappa shape index (κ1) is 19.3. The lowest BCUT2D eigenvalue weighted by Gasteiger charge is -2.31. The first-order valence-corrected chi connectivity index (χ1v) is 9.88. The number of methoxy groups -OCH3 is 2. The topological polar surface area (TPSA) is 84.9 Å². The second-order valence-electron chi connectivity index (χ2n) is 5.91. The van der Waals surface area contributed by atoms with Crippen molar-refractivity contribution in [3.8, 4) is 11.5 Å². The van der Waals surface area contributed by atoms with Crippen molar-refractivity contribution in [2.24, 2.45) is 0 Å². The van der Waals surface area contributed by atoms with Crippen LogP contribution in [0.1, 0.15) is 18.4 Å². The van der Waals surface area contributed by atoms with E-state index in [0.29, 0.717) is 37.4 Å². The molecule has 25 heavy (non-hydrogen) atoms. The van der Waals surface area contributed by atoms with E-state index >= 15 is 0 Å². The van der Waals surface area contributed by atoms with Gasteiger partial charge in [-0.25, -0.2) is 13.1 Å². The van der Waals surface area contributed by atoms with Crippen molar-refractivity contribution >= 4 is 22.0 Å². The molecule has 0 aromatic heterocycles. The Labute approximate surface area is 148 Å². The maximum absolute atomic E-state index is 12.3. The van der Waals surface area contributed by atoms with Gasteiger partial charge in [0.25, 0.3) is 0 Å². The molecule has 1 amide bonds. The average molecular weight is 368 g/mol. The molecule has 1 aliphatic heterocycles. The van der Waals surface area contributed by atoms with Crippen molar-refractivity contribution in [3.63, 3.8) is 0 Å². The number of piperidine rings is 1. The molecular weight excluding hydrogens is 344 g/mol. The van der Waals surface area contributed by atoms with Crippen LogP contribution in [0.15, 0.2) is 24.3 Å². The Hall–Kier alpha value is -2.06. The number of ether oxygens (including phenoxy) is 2. The zero-order valence-electron chi connectivity index (χ0n) is 14.7. The quantitative estimate of drug-likeness (QED) is 0.764. The lowest BCUT2D eigenvalue weighted by Crippen LogP contribution is -2.45. The fraction of sp³-hybridized carbons (Fsp3) is 0.471. The molecule has 8 heteroatoms. The Balaban J connectivity index is 1.98. The highest BCUT2D eigenvalue weighted by molar-refractivity contribution is 7.88. The minimum Gasteiger partial charge on any atom is -0.493 e. The summed E-state index contributed by atoms with van der Waals surface area (Å²) in [5.74, 6) is 1.07. The largest absolute Gasteiger partial charge is 0.493 e. The van der Waals surface area contributed by atoms with E-state index in [0.717, 1.165) is 11.8 Å². The van der Waals surface area contributed by atoms with Crippen molar-refractivity contribution in [2.75, 3.05) is 33.6 Å². The summed E-state index contributed by atoms with van der Waals surface area (Å²) in [6.07, 6.45) is 5.56. The number of carbonyl (C=O) groups is 1. The van der Waals surface area contributed by atoms with Crippen LogP contribution in [0.3, 0.4) is 0 Å². The third-order valence-electron chi connectivity index (χ3n) is 4.03. The van der Waals surface area contributed by atoms with Crippen LogP contribution in [0, 0.1) is 0 Å². The normalized spacial score (nSPS) is 16.2. The lowest BCUT2D eigenvalue weighted by molar-refractivity contribution is -0.126. The molecule has 1 N–H and O–H groups in total. The summed E-state index contributed by atoms with van der Waals surface area (Å²) in [6, 6.07) is 5.35. The summed E-state index contributed by atoms with van der Waals surface area (Å²) in [5.41, 5.74) is 0.754. The van der Waals surface area contributed by atoms with Gasteiger partial charge < -0.3 is 14.4 Å². The van der Waals surface area contributed by atoms with E-state index in [4.69, 9.17) is 9.47 Å². The maximum Gasteiger partial charge on any atom is 0.246 e. The molecule has 138 valence electrons. The van der Waals surface area contributed by atoms with Crippen LogP contribution in [0.5, 0.6) is 11.5 Å². The first-order chi connectivity index (χ1) is 11.8. The van der Waals surface area contributed by atoms with Crippen LogP contribution in [0.25, 0.3) is 6.08 Å². The maximum atomic E-state index is 12.3. The predicted octanol–water partition coefficient (Wildman–Crippen LogP) is 1.26. The number of para-hydroxylation sites is 1. The summed E-state index contributed by atoms with van der Waals surface area (Å²) in [4.78, 5) is 14.1. The van der Waals surface area contributed by atoms with Gasteiger partial charge in [-0.2, -0.15) is 0 Å². The molecule has 1 aliphatic rings. The minimum atomic E-state index is -3.22. The Morgan fingerprint density at radius 2 is 1.92 bits per heavy atom. The van der Waals surface area contributed by atoms with Crippen LogP contribution in [0.4, 0.5) is 0 Å². The van der Waals surface area contributed by atoms with E-state index in [2.05, 4.69) is 4.72 Å². The van der Waals surface area contributed by atoms with E-state index in [1.165, 1.54) is 6.08 Å². The summed E-state index contributed by atoms with van der Waals surface area (Å²) < 4.78 is 35.7. The second kappa shape index (κ2) is 8.35. The third-order valence-corrected chi connectivity index (χ3v) is 4.79. The SMILES string of the molecule is COc1cccc(C=CC(=O)N2CCC(NS(C)(=O)=O)CC2)c1OC. The van der Waals surface area contributed by atoms with Gasteiger partial charge in [0.15, 0.2) is 11.5 Å². The molecule has 1 saturated heterocycles. The van der Waals surface area contributed by atoms with Gasteiger partial charge in [-0.3, -0.25) is 4.79 Å². The number of nitrogens with zero attached hydrogens (tertiary/aromatic N) is 1. The van der Waals surface area contributed by atoms with Crippen LogP contribution < -0.4 is 14.2 Å². The highest BCUT2D eigenvalue weighted by atomic mass is 32.2. The molecule has 1 aromatic rings. The Bertz CT molecular complexity index is 737. The number of benzene rings is 1. The van der Waals surface area contributed by atoms with Crippen molar-refractivity contribution in [1.82, 2.24) is 9.62 Å². The Morgan fingerprint density at radius 1 is 1.24 bits per heavy atom. The fourth-order valence-corrected chi connectivity index (χ4v) is 3.67. The van der Waals surface area contributed by atoms with E-state index in [1.54, 1.807) is 31.3 Å². The van der Waals surface area contributed by atoms with Crippen molar-refractivity contribution < 1.29 is 22.7 Å². The first-order valence-electron chi connectivity index (χ1n) is 7.99. The van der Waals surface area contributed by atoms with Gasteiger partial charge in [0.2, 0.25) is 15.9 Å². The van der Waals surface area contributed by atoms with Crippen LogP contribution >= 0.6 is 0 Å². The molecule has 0 bridgehead atoms. The molecule has 7 nitrogen and oxygen atoms in total. The van der Waals surface area contributed by atoms with Crippen LogP contribution in [0.2, 0.25) is 0 Å². The summed E-state index contributed by atoms with van der Waals surface area (Å²) in [7, 11) is -0.102. The van der Waals surface area contributed by atoms with E-state index in [1.807, 2.05) is 12.1 Å². The number of amides is 1. The number of hydrogen-bond donors (Lipinski definition) is 1. The lowest BCUT2D eigenvalue weighted by atomic mass is 10.1.